The maximum Gasteiger partial charge on any atom is 0.257 e. The van der Waals surface area contributed by atoms with Gasteiger partial charge in [0, 0.05) is 49.8 Å². The van der Waals surface area contributed by atoms with Crippen molar-refractivity contribution in [2.24, 2.45) is 0 Å². The topological polar surface area (TPSA) is 106 Å². The van der Waals surface area contributed by atoms with Gasteiger partial charge in [0.2, 0.25) is 11.3 Å². The molecule has 0 saturated carbocycles. The molecule has 2 aromatic rings. The lowest BCUT2D eigenvalue weighted by molar-refractivity contribution is -0.120. The van der Waals surface area contributed by atoms with E-state index in [1.807, 2.05) is 6.07 Å². The minimum atomic E-state index is -0.557. The number of fused-ring (bicyclic) bond motifs is 1. The van der Waals surface area contributed by atoms with E-state index in [9.17, 15) is 14.4 Å². The van der Waals surface area contributed by atoms with Gasteiger partial charge in [-0.3, -0.25) is 14.4 Å². The van der Waals surface area contributed by atoms with E-state index in [1.165, 1.54) is 6.20 Å². The summed E-state index contributed by atoms with van der Waals surface area (Å²) in [6.07, 6.45) is 2.25. The van der Waals surface area contributed by atoms with Crippen LogP contribution in [0.1, 0.15) is 16.8 Å². The van der Waals surface area contributed by atoms with E-state index < -0.39 is 5.91 Å². The van der Waals surface area contributed by atoms with Crippen LogP contribution in [0.5, 0.6) is 0 Å². The molecular weight excluding hydrogens is 382 g/mol. The van der Waals surface area contributed by atoms with Gasteiger partial charge in [0.25, 0.3) is 5.91 Å². The Hall–Kier alpha value is -2.42. The molecule has 1 saturated heterocycles. The SMILES string of the molecule is Cl.O=C(CNC(=O)c1c[nH]c2ccccc2c1=O)NCCCN1CCNCC1. The highest BCUT2D eigenvalue weighted by atomic mass is 35.5. The highest BCUT2D eigenvalue weighted by Crippen LogP contribution is 2.06. The van der Waals surface area contributed by atoms with Crippen molar-refractivity contribution < 1.29 is 9.59 Å². The number of carbonyl (C=O) groups excluding carboxylic acids is 2. The maximum absolute atomic E-state index is 12.4. The molecule has 4 N–H and O–H groups in total. The Labute approximate surface area is 169 Å². The molecule has 28 heavy (non-hydrogen) atoms. The van der Waals surface area contributed by atoms with E-state index in [4.69, 9.17) is 0 Å². The van der Waals surface area contributed by atoms with Crippen LogP contribution in [0.2, 0.25) is 0 Å². The molecule has 1 fully saturated rings. The Kier molecular flexibility index (Phi) is 8.43. The summed E-state index contributed by atoms with van der Waals surface area (Å²) in [6, 6.07) is 6.99. The third-order valence-corrected chi connectivity index (χ3v) is 4.63. The normalized spacial score (nSPS) is 14.3. The first-order chi connectivity index (χ1) is 13.1. The first-order valence-corrected chi connectivity index (χ1v) is 9.23. The van der Waals surface area contributed by atoms with Gasteiger partial charge in [-0.25, -0.2) is 0 Å². The standard InChI is InChI=1S/C19H25N5O3.ClH/c25-17(21-6-3-9-24-10-7-20-8-11-24)13-23-19(27)15-12-22-16-5-2-1-4-14(16)18(15)26;/h1-2,4-5,12,20H,3,6-11,13H2,(H,21,25)(H,22,26)(H,23,27);1H. The molecule has 1 aliphatic heterocycles. The minimum absolute atomic E-state index is 0. The molecule has 0 unspecified atom stereocenters. The molecule has 2 heterocycles. The van der Waals surface area contributed by atoms with Crippen molar-refractivity contribution in [1.29, 1.82) is 0 Å². The van der Waals surface area contributed by atoms with Gasteiger partial charge >= 0.3 is 0 Å². The number of hydrogen-bond acceptors (Lipinski definition) is 5. The number of H-pyrrole nitrogens is 1. The number of hydrogen-bond donors (Lipinski definition) is 4. The van der Waals surface area contributed by atoms with Crippen molar-refractivity contribution in [3.8, 4) is 0 Å². The number of amides is 2. The number of rotatable bonds is 7. The third-order valence-electron chi connectivity index (χ3n) is 4.63. The lowest BCUT2D eigenvalue weighted by Crippen LogP contribution is -2.44. The predicted molar refractivity (Wildman–Crippen MR) is 111 cm³/mol. The number of aromatic nitrogens is 1. The molecule has 8 nitrogen and oxygen atoms in total. The molecule has 0 aliphatic carbocycles. The predicted octanol–water partition coefficient (Wildman–Crippen LogP) is 0.0912. The van der Waals surface area contributed by atoms with E-state index in [1.54, 1.807) is 18.2 Å². The number of nitrogens with zero attached hydrogens (tertiary/aromatic N) is 1. The van der Waals surface area contributed by atoms with Gasteiger partial charge in [0.05, 0.1) is 6.54 Å². The van der Waals surface area contributed by atoms with Gasteiger partial charge < -0.3 is 25.8 Å². The second-order valence-corrected chi connectivity index (χ2v) is 6.55. The van der Waals surface area contributed by atoms with Crippen LogP contribution in [0.4, 0.5) is 0 Å². The molecule has 2 amide bonds. The molecule has 3 rings (SSSR count). The summed E-state index contributed by atoms with van der Waals surface area (Å²) in [5.74, 6) is -0.821. The fraction of sp³-hybridized carbons (Fsp3) is 0.421. The van der Waals surface area contributed by atoms with Crippen LogP contribution >= 0.6 is 12.4 Å². The van der Waals surface area contributed by atoms with Crippen LogP contribution in [0.3, 0.4) is 0 Å². The summed E-state index contributed by atoms with van der Waals surface area (Å²) in [5, 5.41) is 9.04. The van der Waals surface area contributed by atoms with E-state index >= 15 is 0 Å². The van der Waals surface area contributed by atoms with Gasteiger partial charge in [0.1, 0.15) is 5.56 Å². The molecular formula is C19H26ClN5O3. The lowest BCUT2D eigenvalue weighted by atomic mass is 10.1. The van der Waals surface area contributed by atoms with Gasteiger partial charge in [-0.15, -0.1) is 12.4 Å². The highest BCUT2D eigenvalue weighted by Gasteiger charge is 2.14. The zero-order chi connectivity index (χ0) is 19.1. The van der Waals surface area contributed by atoms with Crippen LogP contribution in [0.15, 0.2) is 35.3 Å². The molecule has 0 atom stereocenters. The number of nitrogens with one attached hydrogen (secondary N) is 4. The summed E-state index contributed by atoms with van der Waals surface area (Å²) < 4.78 is 0. The number of piperazine rings is 1. The number of para-hydroxylation sites is 1. The van der Waals surface area contributed by atoms with Crippen LogP contribution in [0.25, 0.3) is 10.9 Å². The van der Waals surface area contributed by atoms with Crippen LogP contribution in [-0.2, 0) is 4.79 Å². The van der Waals surface area contributed by atoms with E-state index in [2.05, 4.69) is 25.8 Å². The summed E-state index contributed by atoms with van der Waals surface area (Å²) in [7, 11) is 0. The van der Waals surface area contributed by atoms with Crippen LogP contribution in [-0.4, -0.2) is 67.5 Å². The van der Waals surface area contributed by atoms with E-state index in [0.717, 1.165) is 39.1 Å². The molecule has 1 aromatic carbocycles. The van der Waals surface area contributed by atoms with Crippen molar-refractivity contribution in [1.82, 2.24) is 25.8 Å². The number of carbonyl (C=O) groups is 2. The van der Waals surface area contributed by atoms with Gasteiger partial charge in [0.15, 0.2) is 0 Å². The average molecular weight is 408 g/mol. The first-order valence-electron chi connectivity index (χ1n) is 9.23. The summed E-state index contributed by atoms with van der Waals surface area (Å²) in [6.45, 7) is 5.43. The Morgan fingerprint density at radius 1 is 1.11 bits per heavy atom. The van der Waals surface area contributed by atoms with Crippen LogP contribution in [0, 0.1) is 0 Å². The zero-order valence-corrected chi connectivity index (χ0v) is 16.4. The lowest BCUT2D eigenvalue weighted by Gasteiger charge is -2.27. The molecule has 0 radical (unpaired) electrons. The Balaban J connectivity index is 0.00000280. The highest BCUT2D eigenvalue weighted by molar-refractivity contribution is 5.98. The Morgan fingerprint density at radius 3 is 2.64 bits per heavy atom. The van der Waals surface area contributed by atoms with Crippen molar-refractivity contribution in [3.63, 3.8) is 0 Å². The third kappa shape index (κ3) is 5.79. The van der Waals surface area contributed by atoms with Gasteiger partial charge in [-0.1, -0.05) is 12.1 Å². The van der Waals surface area contributed by atoms with Crippen molar-refractivity contribution >= 4 is 35.1 Å². The number of aromatic amines is 1. The van der Waals surface area contributed by atoms with E-state index in [0.29, 0.717) is 17.4 Å². The van der Waals surface area contributed by atoms with Crippen molar-refractivity contribution in [2.45, 2.75) is 6.42 Å². The largest absolute Gasteiger partial charge is 0.360 e. The minimum Gasteiger partial charge on any atom is -0.360 e. The van der Waals surface area contributed by atoms with Gasteiger partial charge in [-0.05, 0) is 25.1 Å². The van der Waals surface area contributed by atoms with Crippen molar-refractivity contribution in [3.05, 3.63) is 46.2 Å². The molecule has 0 spiro atoms. The quantitative estimate of drug-likeness (QED) is 0.487. The van der Waals surface area contributed by atoms with Gasteiger partial charge in [-0.2, -0.15) is 0 Å². The molecule has 1 aliphatic rings. The summed E-state index contributed by atoms with van der Waals surface area (Å²) >= 11 is 0. The summed E-state index contributed by atoms with van der Waals surface area (Å²) in [4.78, 5) is 41.8. The second-order valence-electron chi connectivity index (χ2n) is 6.55. The number of pyridine rings is 1. The van der Waals surface area contributed by atoms with E-state index in [-0.39, 0.29) is 35.9 Å². The average Bonchev–Trinajstić information content (AvgIpc) is 2.71. The zero-order valence-electron chi connectivity index (χ0n) is 15.6. The molecule has 1 aromatic heterocycles. The summed E-state index contributed by atoms with van der Waals surface area (Å²) in [5.41, 5.74) is 0.319. The number of halogens is 1. The van der Waals surface area contributed by atoms with Crippen molar-refractivity contribution in [2.75, 3.05) is 45.8 Å². The first kappa shape index (κ1) is 21.9. The monoisotopic (exact) mass is 407 g/mol. The molecule has 152 valence electrons. The smallest absolute Gasteiger partial charge is 0.257 e. The Bertz CT molecular complexity index is 864. The molecule has 9 heteroatoms. The van der Waals surface area contributed by atoms with Crippen LogP contribution < -0.4 is 21.4 Å². The maximum atomic E-state index is 12.4. The fourth-order valence-corrected chi connectivity index (χ4v) is 3.12. The number of benzene rings is 1. The Morgan fingerprint density at radius 2 is 1.86 bits per heavy atom. The second kappa shape index (κ2) is 10.8. The molecule has 0 bridgehead atoms. The fourth-order valence-electron chi connectivity index (χ4n) is 3.12.